The monoisotopic (exact) mass is 460 g/mol. The summed E-state index contributed by atoms with van der Waals surface area (Å²) in [4.78, 5) is 29.0. The Morgan fingerprint density at radius 1 is 1.03 bits per heavy atom. The molecule has 2 amide bonds. The van der Waals surface area contributed by atoms with Gasteiger partial charge >= 0.3 is 0 Å². The van der Waals surface area contributed by atoms with Crippen molar-refractivity contribution < 1.29 is 19.1 Å². The molecular weight excluding hydrogens is 431 g/mol. The standard InChI is InChI=1S/C28H29FN2O3/c29-23-14-12-22(13-15-23)28(34)30-16-24-27(25(18-32)31(24)26(33)17-30)21-10-8-20(9-11-21)7-6-19-4-2-1-3-5-19/h8-15,19,24-25,27,32H,1-5,16-18H2/t24-,25+,27-/m0/s1. The van der Waals surface area contributed by atoms with E-state index in [1.54, 1.807) is 4.90 Å². The van der Waals surface area contributed by atoms with E-state index in [1.165, 1.54) is 61.3 Å². The fraction of sp³-hybridized carbons (Fsp3) is 0.429. The topological polar surface area (TPSA) is 60.9 Å². The molecule has 0 spiro atoms. The van der Waals surface area contributed by atoms with Crippen molar-refractivity contribution in [3.05, 3.63) is 71.0 Å². The first-order chi connectivity index (χ1) is 16.5. The van der Waals surface area contributed by atoms with Crippen LogP contribution in [0.5, 0.6) is 0 Å². The molecule has 2 saturated heterocycles. The summed E-state index contributed by atoms with van der Waals surface area (Å²) in [7, 11) is 0. The van der Waals surface area contributed by atoms with Crippen LogP contribution in [-0.4, -0.2) is 58.5 Å². The number of hydrogen-bond acceptors (Lipinski definition) is 3. The number of carbonyl (C=O) groups excluding carboxylic acids is 2. The largest absolute Gasteiger partial charge is 0.394 e. The molecule has 0 radical (unpaired) electrons. The molecule has 5 rings (SSSR count). The molecule has 3 atom stereocenters. The summed E-state index contributed by atoms with van der Waals surface area (Å²) < 4.78 is 13.3. The number of benzene rings is 2. The molecule has 0 unspecified atom stereocenters. The zero-order valence-corrected chi connectivity index (χ0v) is 19.1. The summed E-state index contributed by atoms with van der Waals surface area (Å²) in [5.41, 5.74) is 2.37. The van der Waals surface area contributed by atoms with Gasteiger partial charge < -0.3 is 14.9 Å². The number of nitrogens with zero attached hydrogens (tertiary/aromatic N) is 2. The highest BCUT2D eigenvalue weighted by Crippen LogP contribution is 2.43. The highest BCUT2D eigenvalue weighted by Gasteiger charge is 2.54. The van der Waals surface area contributed by atoms with Gasteiger partial charge in [0.25, 0.3) is 5.91 Å². The van der Waals surface area contributed by atoms with Crippen LogP contribution in [0.2, 0.25) is 0 Å². The second kappa shape index (κ2) is 9.60. The van der Waals surface area contributed by atoms with E-state index in [4.69, 9.17) is 0 Å². The molecule has 1 aliphatic carbocycles. The molecule has 1 saturated carbocycles. The van der Waals surface area contributed by atoms with Crippen molar-refractivity contribution in [3.63, 3.8) is 0 Å². The van der Waals surface area contributed by atoms with Crippen molar-refractivity contribution >= 4 is 11.8 Å². The lowest BCUT2D eigenvalue weighted by Crippen LogP contribution is -2.73. The average molecular weight is 461 g/mol. The van der Waals surface area contributed by atoms with E-state index < -0.39 is 5.82 Å². The van der Waals surface area contributed by atoms with E-state index in [1.807, 2.05) is 24.3 Å². The van der Waals surface area contributed by atoms with Crippen molar-refractivity contribution in [2.24, 2.45) is 5.92 Å². The summed E-state index contributed by atoms with van der Waals surface area (Å²) in [6, 6.07) is 13.0. The fourth-order valence-electron chi connectivity index (χ4n) is 5.65. The van der Waals surface area contributed by atoms with Gasteiger partial charge in [-0.3, -0.25) is 9.59 Å². The van der Waals surface area contributed by atoms with Crippen LogP contribution in [0.25, 0.3) is 0 Å². The average Bonchev–Trinajstić information content (AvgIpc) is 2.85. The van der Waals surface area contributed by atoms with E-state index >= 15 is 0 Å². The molecule has 176 valence electrons. The fourth-order valence-corrected chi connectivity index (χ4v) is 5.65. The number of piperazine rings is 1. The number of rotatable bonds is 3. The van der Waals surface area contributed by atoms with Crippen LogP contribution in [-0.2, 0) is 4.79 Å². The maximum atomic E-state index is 13.3. The Morgan fingerprint density at radius 2 is 1.74 bits per heavy atom. The van der Waals surface area contributed by atoms with E-state index in [2.05, 4.69) is 11.8 Å². The van der Waals surface area contributed by atoms with E-state index in [-0.39, 0.29) is 43.0 Å². The molecule has 5 nitrogen and oxygen atoms in total. The highest BCUT2D eigenvalue weighted by atomic mass is 19.1. The molecule has 3 fully saturated rings. The Kier molecular flexibility index (Phi) is 6.38. The molecule has 0 aromatic heterocycles. The summed E-state index contributed by atoms with van der Waals surface area (Å²) in [5.74, 6) is 6.29. The summed E-state index contributed by atoms with van der Waals surface area (Å²) in [6.45, 7) is 0.222. The summed E-state index contributed by atoms with van der Waals surface area (Å²) in [6.07, 6.45) is 6.21. The minimum absolute atomic E-state index is 0.0361. The first-order valence-electron chi connectivity index (χ1n) is 12.1. The summed E-state index contributed by atoms with van der Waals surface area (Å²) in [5, 5.41) is 10.0. The molecule has 3 aliphatic rings. The van der Waals surface area contributed by atoms with Crippen molar-refractivity contribution in [3.8, 4) is 11.8 Å². The lowest BCUT2D eigenvalue weighted by atomic mass is 9.73. The van der Waals surface area contributed by atoms with Gasteiger partial charge in [-0.2, -0.15) is 0 Å². The molecule has 0 bridgehead atoms. The number of fused-ring (bicyclic) bond motifs is 1. The first-order valence-corrected chi connectivity index (χ1v) is 12.1. The predicted molar refractivity (Wildman–Crippen MR) is 126 cm³/mol. The molecule has 6 heteroatoms. The summed E-state index contributed by atoms with van der Waals surface area (Å²) >= 11 is 0. The SMILES string of the molecule is O=C(c1ccc(F)cc1)N1CC(=O)N2[C@H](CO)[C@@H](c3ccc(C#CC4CCCCC4)cc3)[C@@H]2C1. The zero-order valence-electron chi connectivity index (χ0n) is 19.1. The first kappa shape index (κ1) is 22.6. The molecular formula is C28H29FN2O3. The third-order valence-electron chi connectivity index (χ3n) is 7.45. The number of aliphatic hydroxyl groups is 1. The van der Waals surface area contributed by atoms with Gasteiger partial charge in [0.15, 0.2) is 0 Å². The minimum Gasteiger partial charge on any atom is -0.394 e. The van der Waals surface area contributed by atoms with Crippen LogP contribution in [0.4, 0.5) is 4.39 Å². The van der Waals surface area contributed by atoms with Crippen molar-refractivity contribution in [2.45, 2.75) is 50.1 Å². The third kappa shape index (κ3) is 4.33. The van der Waals surface area contributed by atoms with Gasteiger partial charge in [-0.15, -0.1) is 0 Å². The molecule has 2 aliphatic heterocycles. The van der Waals surface area contributed by atoms with Crippen LogP contribution in [0.1, 0.15) is 59.5 Å². The van der Waals surface area contributed by atoms with Gasteiger partial charge in [-0.05, 0) is 54.8 Å². The molecule has 2 aromatic rings. The van der Waals surface area contributed by atoms with Crippen molar-refractivity contribution in [1.82, 2.24) is 9.80 Å². The predicted octanol–water partition coefficient (Wildman–Crippen LogP) is 3.57. The van der Waals surface area contributed by atoms with Gasteiger partial charge in [0, 0.05) is 29.5 Å². The van der Waals surface area contributed by atoms with Gasteiger partial charge in [0.05, 0.1) is 18.7 Å². The number of aliphatic hydroxyl groups excluding tert-OH is 1. The van der Waals surface area contributed by atoms with Crippen LogP contribution >= 0.6 is 0 Å². The Bertz CT molecular complexity index is 1110. The number of hydrogen-bond donors (Lipinski definition) is 1. The van der Waals surface area contributed by atoms with Crippen molar-refractivity contribution in [2.75, 3.05) is 19.7 Å². The Hall–Kier alpha value is -3.17. The van der Waals surface area contributed by atoms with Gasteiger partial charge in [0.1, 0.15) is 12.4 Å². The van der Waals surface area contributed by atoms with Gasteiger partial charge in [0.2, 0.25) is 5.91 Å². The zero-order chi connectivity index (χ0) is 23.7. The number of carbonyl (C=O) groups is 2. The lowest BCUT2D eigenvalue weighted by Gasteiger charge is -2.58. The third-order valence-corrected chi connectivity index (χ3v) is 7.45. The molecule has 34 heavy (non-hydrogen) atoms. The Labute approximate surface area is 199 Å². The van der Waals surface area contributed by atoms with Crippen LogP contribution in [0.3, 0.4) is 0 Å². The molecule has 1 N–H and O–H groups in total. The Balaban J connectivity index is 1.31. The molecule has 2 aromatic carbocycles. The van der Waals surface area contributed by atoms with Crippen LogP contribution < -0.4 is 0 Å². The van der Waals surface area contributed by atoms with E-state index in [9.17, 15) is 19.1 Å². The Morgan fingerprint density at radius 3 is 2.41 bits per heavy atom. The lowest BCUT2D eigenvalue weighted by molar-refractivity contribution is -0.159. The second-order valence-electron chi connectivity index (χ2n) is 9.56. The maximum Gasteiger partial charge on any atom is 0.254 e. The number of halogens is 1. The van der Waals surface area contributed by atoms with E-state index in [0.29, 0.717) is 18.0 Å². The highest BCUT2D eigenvalue weighted by molar-refractivity contribution is 5.97. The van der Waals surface area contributed by atoms with Gasteiger partial charge in [-0.25, -0.2) is 4.39 Å². The number of amides is 2. The minimum atomic E-state index is -0.408. The normalized spacial score (nSPS) is 24.6. The molecule has 2 heterocycles. The smallest absolute Gasteiger partial charge is 0.254 e. The second-order valence-corrected chi connectivity index (χ2v) is 9.56. The quantitative estimate of drug-likeness (QED) is 0.713. The maximum absolute atomic E-state index is 13.3. The van der Waals surface area contributed by atoms with Crippen molar-refractivity contribution in [1.29, 1.82) is 0 Å². The van der Waals surface area contributed by atoms with Crippen LogP contribution in [0, 0.1) is 23.6 Å². The van der Waals surface area contributed by atoms with E-state index in [0.717, 1.165) is 11.1 Å². The van der Waals surface area contributed by atoms with Gasteiger partial charge in [-0.1, -0.05) is 43.2 Å². The van der Waals surface area contributed by atoms with Crippen LogP contribution in [0.15, 0.2) is 48.5 Å².